The van der Waals surface area contributed by atoms with E-state index >= 15 is 0 Å². The van der Waals surface area contributed by atoms with Gasteiger partial charge in [-0.1, -0.05) is 77.6 Å². The molecule has 8 nitrogen and oxygen atoms in total. The zero-order chi connectivity index (χ0) is 31.1. The summed E-state index contributed by atoms with van der Waals surface area (Å²) in [7, 11) is 0. The van der Waals surface area contributed by atoms with Gasteiger partial charge in [0.1, 0.15) is 0 Å². The first-order valence-corrected chi connectivity index (χ1v) is 16.7. The molecule has 2 aromatic carbocycles. The van der Waals surface area contributed by atoms with Crippen LogP contribution in [0.3, 0.4) is 0 Å². The fraction of sp³-hybridized carbons (Fsp3) is 0.600. The van der Waals surface area contributed by atoms with Crippen LogP contribution in [0.4, 0.5) is 21.0 Å². The number of amides is 4. The topological polar surface area (TPSA) is 88.7 Å². The zero-order valence-electron chi connectivity index (χ0n) is 27.4. The maximum absolute atomic E-state index is 12.4. The average Bonchev–Trinajstić information content (AvgIpc) is 3.01. The summed E-state index contributed by atoms with van der Waals surface area (Å²) in [5.41, 5.74) is 3.86. The van der Waals surface area contributed by atoms with Gasteiger partial charge in [-0.2, -0.15) is 0 Å². The number of benzene rings is 2. The highest BCUT2D eigenvalue weighted by molar-refractivity contribution is 5.89. The van der Waals surface area contributed by atoms with Crippen molar-refractivity contribution in [1.29, 1.82) is 0 Å². The number of carbonyl (C=O) groups is 2. The van der Waals surface area contributed by atoms with Crippen molar-refractivity contribution in [2.45, 2.75) is 85.5 Å². The second kappa shape index (κ2) is 22.4. The van der Waals surface area contributed by atoms with Gasteiger partial charge in [0.05, 0.1) is 0 Å². The summed E-state index contributed by atoms with van der Waals surface area (Å²) in [5, 5.41) is 11.9. The summed E-state index contributed by atoms with van der Waals surface area (Å²) < 4.78 is 0. The molecule has 0 bridgehead atoms. The highest BCUT2D eigenvalue weighted by Gasteiger charge is 2.08. The number of hydrogen-bond acceptors (Lipinski definition) is 4. The minimum atomic E-state index is -0.170. The number of urea groups is 2. The van der Waals surface area contributed by atoms with Gasteiger partial charge in [0, 0.05) is 37.6 Å². The number of unbranched alkanes of at least 4 members (excludes halogenated alkanes) is 4. The molecule has 2 aromatic rings. The summed E-state index contributed by atoms with van der Waals surface area (Å²) in [6, 6.07) is 15.6. The van der Waals surface area contributed by atoms with Gasteiger partial charge in [0.15, 0.2) is 0 Å². The van der Waals surface area contributed by atoms with Crippen LogP contribution in [0.1, 0.15) is 90.2 Å². The fourth-order valence-corrected chi connectivity index (χ4v) is 4.85. The Balaban J connectivity index is 1.72. The van der Waals surface area contributed by atoms with E-state index in [1.807, 2.05) is 48.5 Å². The molecule has 43 heavy (non-hydrogen) atoms. The van der Waals surface area contributed by atoms with Crippen LogP contribution in [-0.2, 0) is 6.42 Å². The Bertz CT molecular complexity index is 914. The van der Waals surface area contributed by atoms with Gasteiger partial charge in [-0.15, -0.1) is 0 Å². The van der Waals surface area contributed by atoms with Crippen LogP contribution in [-0.4, -0.2) is 74.2 Å². The third-order valence-electron chi connectivity index (χ3n) is 7.57. The summed E-state index contributed by atoms with van der Waals surface area (Å²) in [6.07, 6.45) is 10.3. The normalized spacial score (nSPS) is 11.1. The van der Waals surface area contributed by atoms with E-state index < -0.39 is 0 Å². The maximum atomic E-state index is 12.4. The quantitative estimate of drug-likeness (QED) is 0.115. The first kappa shape index (κ1) is 36.1. The number of nitrogens with zero attached hydrogens (tertiary/aromatic N) is 2. The van der Waals surface area contributed by atoms with Crippen LogP contribution in [0.5, 0.6) is 0 Å². The molecule has 0 fully saturated rings. The van der Waals surface area contributed by atoms with E-state index in [1.54, 1.807) is 0 Å². The molecule has 0 radical (unpaired) electrons. The van der Waals surface area contributed by atoms with Crippen molar-refractivity contribution in [2.75, 3.05) is 63.0 Å². The number of anilines is 2. The second-order valence-corrected chi connectivity index (χ2v) is 11.4. The predicted molar refractivity (Wildman–Crippen MR) is 182 cm³/mol. The lowest BCUT2D eigenvalue weighted by molar-refractivity contribution is 0.242. The first-order chi connectivity index (χ1) is 21.0. The highest BCUT2D eigenvalue weighted by Crippen LogP contribution is 2.16. The number of carbonyl (C=O) groups excluding carboxylic acids is 2. The molecule has 0 saturated heterocycles. The molecule has 0 aliphatic rings. The standard InChI is InChI=1S/C35H58N6O2/c1-5-9-23-40(24-10-6-2)27-21-36-34(42)38-32-17-13-30(14-18-32)29-31-15-19-33(20-16-31)39-35(43)37-22-28-41(25-11-7-3)26-12-8-4/h13-20H,5-12,21-29H2,1-4H3,(H2,36,38,42)(H2,37,39,43). The monoisotopic (exact) mass is 594 g/mol. The largest absolute Gasteiger partial charge is 0.337 e. The van der Waals surface area contributed by atoms with Crippen molar-refractivity contribution < 1.29 is 9.59 Å². The lowest BCUT2D eigenvalue weighted by atomic mass is 10.0. The molecule has 4 amide bonds. The molecule has 2 rings (SSSR count). The molecule has 0 saturated carbocycles. The lowest BCUT2D eigenvalue weighted by Gasteiger charge is -2.22. The Morgan fingerprint density at radius 2 is 0.837 bits per heavy atom. The Morgan fingerprint density at radius 1 is 0.512 bits per heavy atom. The average molecular weight is 595 g/mol. The fourth-order valence-electron chi connectivity index (χ4n) is 4.85. The van der Waals surface area contributed by atoms with Gasteiger partial charge in [0.25, 0.3) is 0 Å². The van der Waals surface area contributed by atoms with Crippen LogP contribution in [0.25, 0.3) is 0 Å². The summed E-state index contributed by atoms with van der Waals surface area (Å²) in [5.74, 6) is 0. The number of rotatable bonds is 22. The maximum Gasteiger partial charge on any atom is 0.319 e. The predicted octanol–water partition coefficient (Wildman–Crippen LogP) is 7.32. The Morgan fingerprint density at radius 3 is 1.14 bits per heavy atom. The highest BCUT2D eigenvalue weighted by atomic mass is 16.2. The molecule has 0 aliphatic carbocycles. The Hall–Kier alpha value is -3.10. The third-order valence-corrected chi connectivity index (χ3v) is 7.57. The van der Waals surface area contributed by atoms with E-state index in [1.165, 1.54) is 51.4 Å². The molecule has 0 heterocycles. The van der Waals surface area contributed by atoms with Gasteiger partial charge in [-0.3, -0.25) is 0 Å². The zero-order valence-corrected chi connectivity index (χ0v) is 27.4. The van der Waals surface area contributed by atoms with Gasteiger partial charge in [-0.05, 0) is 93.7 Å². The molecule has 0 atom stereocenters. The summed E-state index contributed by atoms with van der Waals surface area (Å²) >= 11 is 0. The van der Waals surface area contributed by atoms with Gasteiger partial charge < -0.3 is 31.1 Å². The van der Waals surface area contributed by atoms with Crippen molar-refractivity contribution in [3.63, 3.8) is 0 Å². The minimum Gasteiger partial charge on any atom is -0.337 e. The molecular formula is C35H58N6O2. The number of nitrogens with one attached hydrogen (secondary N) is 4. The van der Waals surface area contributed by atoms with E-state index in [4.69, 9.17) is 0 Å². The molecule has 240 valence electrons. The van der Waals surface area contributed by atoms with Crippen LogP contribution in [0.2, 0.25) is 0 Å². The lowest BCUT2D eigenvalue weighted by Crippen LogP contribution is -2.37. The summed E-state index contributed by atoms with van der Waals surface area (Å²) in [6.45, 7) is 16.2. The SMILES string of the molecule is CCCCN(CCCC)CCNC(=O)Nc1ccc(Cc2ccc(NC(=O)NCCN(CCCC)CCCC)cc2)cc1. The Labute approximate surface area is 261 Å². The molecule has 0 aliphatic heterocycles. The van der Waals surface area contributed by atoms with Crippen molar-refractivity contribution in [2.24, 2.45) is 0 Å². The second-order valence-electron chi connectivity index (χ2n) is 11.4. The molecule has 0 aromatic heterocycles. The van der Waals surface area contributed by atoms with Gasteiger partial charge in [-0.25, -0.2) is 9.59 Å². The van der Waals surface area contributed by atoms with E-state index in [0.717, 1.165) is 68.2 Å². The molecule has 4 N–H and O–H groups in total. The van der Waals surface area contributed by atoms with Crippen LogP contribution >= 0.6 is 0 Å². The van der Waals surface area contributed by atoms with Crippen molar-refractivity contribution >= 4 is 23.4 Å². The van der Waals surface area contributed by atoms with Crippen molar-refractivity contribution in [3.8, 4) is 0 Å². The van der Waals surface area contributed by atoms with E-state index in [9.17, 15) is 9.59 Å². The van der Waals surface area contributed by atoms with Gasteiger partial charge in [0.2, 0.25) is 0 Å². The molecule has 0 unspecified atom stereocenters. The Kier molecular flexibility index (Phi) is 18.8. The van der Waals surface area contributed by atoms with Crippen LogP contribution < -0.4 is 21.3 Å². The first-order valence-electron chi connectivity index (χ1n) is 16.7. The van der Waals surface area contributed by atoms with Crippen molar-refractivity contribution in [3.05, 3.63) is 59.7 Å². The van der Waals surface area contributed by atoms with E-state index in [2.05, 4.69) is 58.8 Å². The molecular weight excluding hydrogens is 536 g/mol. The molecule has 0 spiro atoms. The molecule has 8 heteroatoms. The number of hydrogen-bond donors (Lipinski definition) is 4. The van der Waals surface area contributed by atoms with Crippen molar-refractivity contribution in [1.82, 2.24) is 20.4 Å². The minimum absolute atomic E-state index is 0.170. The van der Waals surface area contributed by atoms with E-state index in [0.29, 0.717) is 13.1 Å². The smallest absolute Gasteiger partial charge is 0.319 e. The van der Waals surface area contributed by atoms with Crippen LogP contribution in [0, 0.1) is 0 Å². The van der Waals surface area contributed by atoms with Gasteiger partial charge >= 0.3 is 12.1 Å². The summed E-state index contributed by atoms with van der Waals surface area (Å²) in [4.78, 5) is 29.7. The van der Waals surface area contributed by atoms with E-state index in [-0.39, 0.29) is 12.1 Å². The third kappa shape index (κ3) is 16.4. The van der Waals surface area contributed by atoms with Crippen LogP contribution in [0.15, 0.2) is 48.5 Å².